The van der Waals surface area contributed by atoms with E-state index in [1.165, 1.54) is 0 Å². The zero-order valence-corrected chi connectivity index (χ0v) is 15.0. The zero-order chi connectivity index (χ0) is 17.5. The molecule has 1 fully saturated rings. The molecular weight excluding hydrogens is 304 g/mol. The molecule has 0 spiro atoms. The Labute approximate surface area is 145 Å². The van der Waals surface area contributed by atoms with E-state index in [9.17, 15) is 9.90 Å². The topological polar surface area (TPSA) is 61.8 Å². The fourth-order valence-corrected chi connectivity index (χ4v) is 2.73. The second-order valence-corrected chi connectivity index (χ2v) is 7.02. The van der Waals surface area contributed by atoms with Crippen LogP contribution in [0.15, 0.2) is 24.3 Å². The molecule has 5 nitrogen and oxygen atoms in total. The summed E-state index contributed by atoms with van der Waals surface area (Å²) in [7, 11) is 0. The van der Waals surface area contributed by atoms with Crippen molar-refractivity contribution >= 4 is 5.91 Å². The number of hydrogen-bond donors (Lipinski definition) is 2. The van der Waals surface area contributed by atoms with Crippen molar-refractivity contribution in [1.82, 2.24) is 10.2 Å². The Morgan fingerprint density at radius 2 is 2.00 bits per heavy atom. The number of amides is 1. The summed E-state index contributed by atoms with van der Waals surface area (Å²) in [4.78, 5) is 14.1. The Bertz CT molecular complexity index is 516. The average Bonchev–Trinajstić information content (AvgIpc) is 2.55. The summed E-state index contributed by atoms with van der Waals surface area (Å²) in [6.07, 6.45) is 0.835. The van der Waals surface area contributed by atoms with Crippen LogP contribution < -0.4 is 5.32 Å². The van der Waals surface area contributed by atoms with Gasteiger partial charge in [-0.3, -0.25) is 9.69 Å². The van der Waals surface area contributed by atoms with Crippen LogP contribution >= 0.6 is 0 Å². The van der Waals surface area contributed by atoms with Crippen LogP contribution in [0.1, 0.15) is 38.3 Å². The van der Waals surface area contributed by atoms with Crippen LogP contribution in [0.3, 0.4) is 0 Å². The van der Waals surface area contributed by atoms with Gasteiger partial charge in [0.25, 0.3) is 0 Å². The molecule has 0 aromatic heterocycles. The number of β-amino-alcohol motifs (C(OH)–C–C–N with tert-alkyl or cyclic N) is 1. The predicted octanol–water partition coefficient (Wildman–Crippen LogP) is 1.93. The van der Waals surface area contributed by atoms with Crippen molar-refractivity contribution in [2.45, 2.75) is 52.6 Å². The van der Waals surface area contributed by atoms with Gasteiger partial charge in [-0.2, -0.15) is 0 Å². The van der Waals surface area contributed by atoms with Gasteiger partial charge in [-0.05, 0) is 43.9 Å². The zero-order valence-electron chi connectivity index (χ0n) is 15.0. The molecule has 1 aliphatic heterocycles. The third kappa shape index (κ3) is 6.23. The molecular formula is C19H30N2O3. The van der Waals surface area contributed by atoms with E-state index in [4.69, 9.17) is 4.74 Å². The van der Waals surface area contributed by atoms with Gasteiger partial charge in [-0.1, -0.05) is 31.2 Å². The molecule has 1 heterocycles. The Morgan fingerprint density at radius 1 is 1.33 bits per heavy atom. The molecule has 0 saturated carbocycles. The van der Waals surface area contributed by atoms with Crippen LogP contribution in [0.25, 0.3) is 0 Å². The standard InChI is InChI=1S/C19H30N2O3/c1-14(2)24-13-17-6-4-16(5-7-17)10-20-19(23)12-21-9-8-15(3)18(22)11-21/h4-7,14-15,18,22H,8-13H2,1-3H3,(H,20,23). The normalized spacial score (nSPS) is 21.9. The number of ether oxygens (including phenoxy) is 1. The van der Waals surface area contributed by atoms with Crippen molar-refractivity contribution in [2.75, 3.05) is 19.6 Å². The first-order valence-electron chi connectivity index (χ1n) is 8.80. The SMILES string of the molecule is CC(C)OCc1ccc(CNC(=O)CN2CCC(C)C(O)C2)cc1. The summed E-state index contributed by atoms with van der Waals surface area (Å²) >= 11 is 0. The summed E-state index contributed by atoms with van der Waals surface area (Å²) in [5, 5.41) is 12.8. The number of benzene rings is 1. The lowest BCUT2D eigenvalue weighted by Gasteiger charge is -2.33. The van der Waals surface area contributed by atoms with Gasteiger partial charge in [0.05, 0.1) is 25.4 Å². The highest BCUT2D eigenvalue weighted by Gasteiger charge is 2.25. The lowest BCUT2D eigenvalue weighted by molar-refractivity contribution is -0.123. The Morgan fingerprint density at radius 3 is 2.62 bits per heavy atom. The number of carbonyl (C=O) groups excluding carboxylic acids is 1. The van der Waals surface area contributed by atoms with Crippen LogP contribution in [-0.4, -0.2) is 47.8 Å². The van der Waals surface area contributed by atoms with Crippen LogP contribution in [0.2, 0.25) is 0 Å². The van der Waals surface area contributed by atoms with E-state index < -0.39 is 0 Å². The minimum absolute atomic E-state index is 0.00368. The molecule has 2 rings (SSSR count). The molecule has 24 heavy (non-hydrogen) atoms. The van der Waals surface area contributed by atoms with Crippen LogP contribution in [0.5, 0.6) is 0 Å². The van der Waals surface area contributed by atoms with Gasteiger partial charge < -0.3 is 15.2 Å². The molecule has 134 valence electrons. The molecule has 1 aromatic carbocycles. The van der Waals surface area contributed by atoms with Crippen molar-refractivity contribution in [2.24, 2.45) is 5.92 Å². The first-order valence-corrected chi connectivity index (χ1v) is 8.80. The van der Waals surface area contributed by atoms with E-state index in [2.05, 4.69) is 12.2 Å². The van der Waals surface area contributed by atoms with E-state index in [1.54, 1.807) is 0 Å². The van der Waals surface area contributed by atoms with Crippen LogP contribution in [0.4, 0.5) is 0 Å². The summed E-state index contributed by atoms with van der Waals surface area (Å²) in [6.45, 7) is 9.03. The number of hydrogen-bond acceptors (Lipinski definition) is 4. The van der Waals surface area contributed by atoms with E-state index in [0.29, 0.717) is 32.2 Å². The van der Waals surface area contributed by atoms with Crippen molar-refractivity contribution in [3.63, 3.8) is 0 Å². The Hall–Kier alpha value is -1.43. The third-order valence-electron chi connectivity index (χ3n) is 4.47. The molecule has 1 aliphatic rings. The fourth-order valence-electron chi connectivity index (χ4n) is 2.73. The highest BCUT2D eigenvalue weighted by molar-refractivity contribution is 5.78. The minimum Gasteiger partial charge on any atom is -0.392 e. The summed E-state index contributed by atoms with van der Waals surface area (Å²) in [5.41, 5.74) is 2.21. The van der Waals surface area contributed by atoms with Gasteiger partial charge in [-0.15, -0.1) is 0 Å². The predicted molar refractivity (Wildman–Crippen MR) is 94.4 cm³/mol. The van der Waals surface area contributed by atoms with Gasteiger partial charge >= 0.3 is 0 Å². The second-order valence-electron chi connectivity index (χ2n) is 7.02. The van der Waals surface area contributed by atoms with E-state index in [1.807, 2.05) is 43.0 Å². The molecule has 1 saturated heterocycles. The third-order valence-corrected chi connectivity index (χ3v) is 4.47. The molecule has 2 atom stereocenters. The molecule has 0 aliphatic carbocycles. The quantitative estimate of drug-likeness (QED) is 0.800. The maximum Gasteiger partial charge on any atom is 0.234 e. The first kappa shape index (κ1) is 18.9. The Balaban J connectivity index is 1.71. The van der Waals surface area contributed by atoms with Crippen molar-refractivity contribution < 1.29 is 14.6 Å². The summed E-state index contributed by atoms with van der Waals surface area (Å²) < 4.78 is 5.57. The summed E-state index contributed by atoms with van der Waals surface area (Å²) in [6, 6.07) is 8.11. The monoisotopic (exact) mass is 334 g/mol. The molecule has 1 amide bonds. The maximum atomic E-state index is 12.1. The smallest absolute Gasteiger partial charge is 0.234 e. The molecule has 0 bridgehead atoms. The maximum absolute atomic E-state index is 12.1. The van der Waals surface area contributed by atoms with Crippen molar-refractivity contribution in [1.29, 1.82) is 0 Å². The van der Waals surface area contributed by atoms with Gasteiger partial charge in [0.2, 0.25) is 5.91 Å². The molecule has 5 heteroatoms. The fraction of sp³-hybridized carbons (Fsp3) is 0.632. The average molecular weight is 334 g/mol. The van der Waals surface area contributed by atoms with Crippen molar-refractivity contribution in [3.8, 4) is 0 Å². The number of likely N-dealkylation sites (tertiary alicyclic amines) is 1. The number of piperidine rings is 1. The van der Waals surface area contributed by atoms with Crippen LogP contribution in [0, 0.1) is 5.92 Å². The number of aliphatic hydroxyl groups is 1. The Kier molecular flexibility index (Phi) is 7.21. The van der Waals surface area contributed by atoms with E-state index in [-0.39, 0.29) is 18.1 Å². The largest absolute Gasteiger partial charge is 0.392 e. The highest BCUT2D eigenvalue weighted by Crippen LogP contribution is 2.16. The van der Waals surface area contributed by atoms with Gasteiger partial charge in [0.15, 0.2) is 0 Å². The van der Waals surface area contributed by atoms with Crippen molar-refractivity contribution in [3.05, 3.63) is 35.4 Å². The molecule has 2 N–H and O–H groups in total. The minimum atomic E-state index is -0.327. The number of nitrogens with zero attached hydrogens (tertiary/aromatic N) is 1. The number of nitrogens with one attached hydrogen (secondary N) is 1. The van der Waals surface area contributed by atoms with E-state index >= 15 is 0 Å². The van der Waals surface area contributed by atoms with Gasteiger partial charge in [0.1, 0.15) is 0 Å². The lowest BCUT2D eigenvalue weighted by atomic mass is 9.96. The molecule has 2 unspecified atom stereocenters. The number of rotatable bonds is 7. The van der Waals surface area contributed by atoms with Gasteiger partial charge in [0, 0.05) is 13.1 Å². The molecule has 0 radical (unpaired) electrons. The molecule has 1 aromatic rings. The lowest BCUT2D eigenvalue weighted by Crippen LogP contribution is -2.46. The number of carbonyl (C=O) groups is 1. The van der Waals surface area contributed by atoms with Gasteiger partial charge in [-0.25, -0.2) is 0 Å². The second kappa shape index (κ2) is 9.16. The summed E-state index contributed by atoms with van der Waals surface area (Å²) in [5.74, 6) is 0.325. The highest BCUT2D eigenvalue weighted by atomic mass is 16.5. The van der Waals surface area contributed by atoms with E-state index in [0.717, 1.165) is 24.1 Å². The number of aliphatic hydroxyl groups excluding tert-OH is 1. The first-order chi connectivity index (χ1) is 11.4. The van der Waals surface area contributed by atoms with Crippen LogP contribution in [-0.2, 0) is 22.7 Å².